The largest absolute Gasteiger partial charge is 0.456 e. The molecule has 4 nitrogen and oxygen atoms in total. The summed E-state index contributed by atoms with van der Waals surface area (Å²) in [5, 5.41) is 11.4. The molecule has 28 rings (SSSR count). The topological polar surface area (TPSA) is 32.8 Å². The van der Waals surface area contributed by atoms with E-state index >= 15 is 0 Å². The molecule has 0 amide bonds. The van der Waals surface area contributed by atoms with Crippen molar-refractivity contribution in [3.8, 4) is 111 Å². The zero-order valence-corrected chi connectivity index (χ0v) is 71.7. The van der Waals surface area contributed by atoms with Gasteiger partial charge in [0.25, 0.3) is 0 Å². The molecule has 0 saturated carbocycles. The Morgan fingerprint density at radius 3 is 1.01 bits per heavy atom. The molecular formula is C128H78N2O2. The molecular weight excluding hydrogens is 1600 g/mol. The Kier molecular flexibility index (Phi) is 16.1. The predicted octanol–water partition coefficient (Wildman–Crippen LogP) is 34.6. The van der Waals surface area contributed by atoms with Gasteiger partial charge in [0.2, 0.25) is 0 Å². The number of hydrogen-bond donors (Lipinski definition) is 0. The summed E-state index contributed by atoms with van der Waals surface area (Å²) in [5.74, 6) is 0. The molecule has 132 heavy (non-hydrogen) atoms. The quantitative estimate of drug-likeness (QED) is 0.122. The van der Waals surface area contributed by atoms with Crippen molar-refractivity contribution in [2.24, 2.45) is 0 Å². The van der Waals surface area contributed by atoms with E-state index in [0.29, 0.717) is 0 Å². The lowest BCUT2D eigenvalue weighted by Crippen LogP contribution is -2.26. The highest BCUT2D eigenvalue weighted by molar-refractivity contribution is 6.19. The molecule has 4 aliphatic rings. The van der Waals surface area contributed by atoms with Gasteiger partial charge in [0.15, 0.2) is 0 Å². The van der Waals surface area contributed by atoms with Crippen LogP contribution in [0.5, 0.6) is 0 Å². The average Bonchev–Trinajstić information content (AvgIpc) is 1.51. The lowest BCUT2D eigenvalue weighted by molar-refractivity contribution is 0.669. The van der Waals surface area contributed by atoms with E-state index < -0.39 is 10.8 Å². The Balaban J connectivity index is 0.546. The van der Waals surface area contributed by atoms with Gasteiger partial charge in [-0.3, -0.25) is 0 Å². The molecule has 0 saturated heterocycles. The molecule has 24 aromatic rings. The van der Waals surface area contributed by atoms with E-state index in [4.69, 9.17) is 8.83 Å². The van der Waals surface area contributed by atoms with Crippen LogP contribution in [0, 0.1) is 0 Å². The summed E-state index contributed by atoms with van der Waals surface area (Å²) < 4.78 is 13.6. The zero-order valence-electron chi connectivity index (χ0n) is 71.7. The lowest BCUT2D eigenvalue weighted by Gasteiger charge is -2.32. The molecule has 0 bridgehead atoms. The minimum Gasteiger partial charge on any atom is -0.456 e. The SMILES string of the molecule is c1ccc(-c2ccc(N(c3ccccc3-c3cccc4oc5cc6ccccc6cc5c34)c3cccc4c3-c3ccccc3C43c4ccccc4-c4cc(-c5ccc6c(-c7cccc(-c8ccc(N(c9ccccc9-c9cccc%10oc%11cc%12ccccc%12cc%11c9%10)c9cccc%10c9-c9ccccc9C%109c%10ccccc%10-c%10ccccc%109)cc8)c7)cccc6c5)ccc43)cc2)cc1. The monoisotopic (exact) mass is 1670 g/mol. The minimum atomic E-state index is -0.637. The molecule has 1 unspecified atom stereocenters. The zero-order chi connectivity index (χ0) is 86.4. The van der Waals surface area contributed by atoms with E-state index in [9.17, 15) is 0 Å². The Morgan fingerprint density at radius 2 is 0.485 bits per heavy atom. The molecule has 0 N–H and O–H groups in total. The number of fused-ring (bicyclic) bond motifs is 29. The van der Waals surface area contributed by atoms with E-state index in [0.717, 1.165) is 133 Å². The van der Waals surface area contributed by atoms with Crippen LogP contribution in [0.2, 0.25) is 0 Å². The van der Waals surface area contributed by atoms with Crippen LogP contribution in [0.4, 0.5) is 34.1 Å². The third-order valence-corrected chi connectivity index (χ3v) is 29.2. The first-order chi connectivity index (χ1) is 65.5. The summed E-state index contributed by atoms with van der Waals surface area (Å²) in [6, 6.07) is 177. The first-order valence-electron chi connectivity index (χ1n) is 45.7. The lowest BCUT2D eigenvalue weighted by atomic mass is 9.70. The molecule has 2 spiro atoms. The van der Waals surface area contributed by atoms with Crippen LogP contribution < -0.4 is 9.80 Å². The maximum Gasteiger partial charge on any atom is 0.136 e. The summed E-state index contributed by atoms with van der Waals surface area (Å²) in [5.41, 5.74) is 42.7. The standard InChI is InChI=1S/C128H78N2O2/c1-2-28-79(29-3-1)80-60-66-91(67-61-80)129(115-54-20-13-40-98(115)100-45-24-58-119-123(100)105-75-83-30-4-6-32-85(83)77-121(105)131-119)118-57-27-53-114-126(118)103-43-12-19-51-111(103)128(114)109-49-17-10-39-97(109)104-74-88(65-71-112(104)128)87-64-70-94-90(73-87)36-23-44-93(94)89-35-22-34-82(72-89)81-62-68-92(69-63-81)130(116-55-21-14-41-99(116)101-46-25-59-120-124(101)106-76-84-31-5-7-33-86(84)78-122(106)132-120)117-56-26-52-113-125(117)102-42-11-18-50-110(102)127(113)107-47-15-8-37-95(107)96-38-9-16-48-108(96)127/h1-78H. The first-order valence-corrected chi connectivity index (χ1v) is 45.7. The Hall–Kier alpha value is -17.2. The number of hydrogen-bond acceptors (Lipinski definition) is 4. The van der Waals surface area contributed by atoms with Crippen LogP contribution in [-0.4, -0.2) is 0 Å². The molecule has 0 radical (unpaired) electrons. The highest BCUT2D eigenvalue weighted by Gasteiger charge is 2.55. The molecule has 2 heterocycles. The van der Waals surface area contributed by atoms with Gasteiger partial charge in [-0.1, -0.05) is 370 Å². The number of anilines is 6. The van der Waals surface area contributed by atoms with Crippen molar-refractivity contribution >= 4 is 110 Å². The van der Waals surface area contributed by atoms with Gasteiger partial charge in [-0.2, -0.15) is 0 Å². The van der Waals surface area contributed by atoms with Crippen LogP contribution in [0.1, 0.15) is 44.5 Å². The van der Waals surface area contributed by atoms with Crippen molar-refractivity contribution in [1.82, 2.24) is 0 Å². The molecule has 4 heteroatoms. The van der Waals surface area contributed by atoms with Crippen LogP contribution >= 0.6 is 0 Å². The van der Waals surface area contributed by atoms with E-state index in [-0.39, 0.29) is 0 Å². The summed E-state index contributed by atoms with van der Waals surface area (Å²) in [7, 11) is 0. The van der Waals surface area contributed by atoms with Crippen molar-refractivity contribution in [2.45, 2.75) is 10.8 Å². The molecule has 0 fully saturated rings. The Morgan fingerprint density at radius 1 is 0.159 bits per heavy atom. The normalized spacial score (nSPS) is 13.8. The van der Waals surface area contributed by atoms with Gasteiger partial charge in [-0.15, -0.1) is 0 Å². The van der Waals surface area contributed by atoms with Crippen molar-refractivity contribution in [1.29, 1.82) is 0 Å². The van der Waals surface area contributed by atoms with Crippen molar-refractivity contribution in [3.05, 3.63) is 518 Å². The number of rotatable bonds is 12. The Bertz CT molecular complexity index is 8950. The second-order valence-electron chi connectivity index (χ2n) is 35.8. The fourth-order valence-electron chi connectivity index (χ4n) is 23.7. The van der Waals surface area contributed by atoms with E-state index in [1.165, 1.54) is 133 Å². The Labute approximate surface area is 763 Å². The molecule has 1 atom stereocenters. The van der Waals surface area contributed by atoms with Crippen LogP contribution in [-0.2, 0) is 10.8 Å². The number of nitrogens with zero attached hydrogens (tertiary/aromatic N) is 2. The van der Waals surface area contributed by atoms with Gasteiger partial charge >= 0.3 is 0 Å². The maximum absolute atomic E-state index is 6.83. The van der Waals surface area contributed by atoms with Gasteiger partial charge < -0.3 is 18.6 Å². The molecule has 612 valence electrons. The smallest absolute Gasteiger partial charge is 0.136 e. The molecule has 0 aliphatic heterocycles. The third-order valence-electron chi connectivity index (χ3n) is 29.2. The van der Waals surface area contributed by atoms with Crippen molar-refractivity contribution in [3.63, 3.8) is 0 Å². The summed E-state index contributed by atoms with van der Waals surface area (Å²) in [4.78, 5) is 5.06. The molecule has 4 aliphatic carbocycles. The fraction of sp³-hybridized carbons (Fsp3) is 0.0156. The summed E-state index contributed by atoms with van der Waals surface area (Å²) in [6.45, 7) is 0. The number of furan rings is 2. The third kappa shape index (κ3) is 10.7. The summed E-state index contributed by atoms with van der Waals surface area (Å²) >= 11 is 0. The minimum absolute atomic E-state index is 0.536. The molecule has 2 aromatic heterocycles. The van der Waals surface area contributed by atoms with Crippen molar-refractivity contribution in [2.75, 3.05) is 9.80 Å². The average molecular weight is 1680 g/mol. The highest BCUT2D eigenvalue weighted by Crippen LogP contribution is 2.68. The number of para-hydroxylation sites is 2. The van der Waals surface area contributed by atoms with E-state index in [2.05, 4.69) is 483 Å². The van der Waals surface area contributed by atoms with E-state index in [1.807, 2.05) is 0 Å². The maximum atomic E-state index is 6.83. The second kappa shape index (κ2) is 28.7. The predicted molar refractivity (Wildman–Crippen MR) is 548 cm³/mol. The van der Waals surface area contributed by atoms with Crippen LogP contribution in [0.25, 0.3) is 187 Å². The first kappa shape index (κ1) is 74.0. The molecule has 22 aromatic carbocycles. The van der Waals surface area contributed by atoms with Gasteiger partial charge in [-0.05, 0) is 269 Å². The van der Waals surface area contributed by atoms with Gasteiger partial charge in [0.1, 0.15) is 22.3 Å². The van der Waals surface area contributed by atoms with Gasteiger partial charge in [-0.25, -0.2) is 0 Å². The summed E-state index contributed by atoms with van der Waals surface area (Å²) in [6.07, 6.45) is 0. The number of benzene rings is 22. The van der Waals surface area contributed by atoms with E-state index in [1.54, 1.807) is 0 Å². The van der Waals surface area contributed by atoms with Crippen LogP contribution in [0.3, 0.4) is 0 Å². The van der Waals surface area contributed by atoms with Gasteiger partial charge in [0, 0.05) is 55.2 Å². The van der Waals surface area contributed by atoms with Crippen LogP contribution in [0.15, 0.2) is 482 Å². The fourth-order valence-corrected chi connectivity index (χ4v) is 23.7. The second-order valence-corrected chi connectivity index (χ2v) is 35.8. The van der Waals surface area contributed by atoms with Crippen molar-refractivity contribution < 1.29 is 8.83 Å². The van der Waals surface area contributed by atoms with Gasteiger partial charge in [0.05, 0.1) is 33.6 Å². The highest BCUT2D eigenvalue weighted by atomic mass is 16.3.